The average Bonchev–Trinajstić information content (AvgIpc) is 2.66. The van der Waals surface area contributed by atoms with E-state index >= 15 is 0 Å². The second-order valence-corrected chi connectivity index (χ2v) is 6.35. The van der Waals surface area contributed by atoms with Crippen molar-refractivity contribution in [3.05, 3.63) is 65.2 Å². The molecule has 26 heavy (non-hydrogen) atoms. The van der Waals surface area contributed by atoms with Crippen LogP contribution in [0.4, 0.5) is 5.69 Å². The number of carbonyl (C=O) groups excluding carboxylic acids is 2. The molecule has 2 aromatic rings. The predicted molar refractivity (Wildman–Crippen MR) is 103 cm³/mol. The summed E-state index contributed by atoms with van der Waals surface area (Å²) in [5.41, 5.74) is 3.40. The monoisotopic (exact) mass is 346 g/mol. The highest BCUT2D eigenvalue weighted by molar-refractivity contribution is 5.95. The highest BCUT2D eigenvalue weighted by atomic mass is 16.2. The molecule has 1 aliphatic heterocycles. The molecule has 0 saturated carbocycles. The van der Waals surface area contributed by atoms with Gasteiger partial charge in [0.2, 0.25) is 5.91 Å². The number of nitrogens with one attached hydrogen (secondary N) is 1. The molecule has 1 aliphatic rings. The van der Waals surface area contributed by atoms with Gasteiger partial charge in [-0.1, -0.05) is 30.0 Å². The van der Waals surface area contributed by atoms with Crippen molar-refractivity contribution in [3.63, 3.8) is 0 Å². The second-order valence-electron chi connectivity index (χ2n) is 6.35. The molecular formula is C22H22N2O2. The van der Waals surface area contributed by atoms with Gasteiger partial charge in [-0.2, -0.15) is 0 Å². The van der Waals surface area contributed by atoms with Crippen molar-refractivity contribution >= 4 is 17.5 Å². The van der Waals surface area contributed by atoms with Gasteiger partial charge in [-0.15, -0.1) is 0 Å². The minimum absolute atomic E-state index is 0.114. The number of aryl methyl sites for hydroxylation is 1. The molecular weight excluding hydrogens is 324 g/mol. The third-order valence-electron chi connectivity index (χ3n) is 4.46. The number of hydrogen-bond donors (Lipinski definition) is 1. The van der Waals surface area contributed by atoms with Gasteiger partial charge in [-0.05, 0) is 55.7 Å². The maximum atomic E-state index is 12.1. The van der Waals surface area contributed by atoms with Gasteiger partial charge >= 0.3 is 0 Å². The summed E-state index contributed by atoms with van der Waals surface area (Å²) in [5.74, 6) is 6.08. The number of hydrogen-bond acceptors (Lipinski definition) is 2. The maximum absolute atomic E-state index is 12.1. The van der Waals surface area contributed by atoms with Crippen LogP contribution in [0.15, 0.2) is 48.5 Å². The van der Waals surface area contributed by atoms with Crippen LogP contribution >= 0.6 is 0 Å². The molecule has 0 bridgehead atoms. The first-order valence-electron chi connectivity index (χ1n) is 8.88. The van der Waals surface area contributed by atoms with Crippen molar-refractivity contribution in [2.45, 2.75) is 26.2 Å². The van der Waals surface area contributed by atoms with Gasteiger partial charge in [0.25, 0.3) is 5.91 Å². The third-order valence-corrected chi connectivity index (χ3v) is 4.46. The molecule has 132 valence electrons. The maximum Gasteiger partial charge on any atom is 0.252 e. The smallest absolute Gasteiger partial charge is 0.252 e. The topological polar surface area (TPSA) is 49.4 Å². The summed E-state index contributed by atoms with van der Waals surface area (Å²) >= 11 is 0. The van der Waals surface area contributed by atoms with Crippen LogP contribution in [0.25, 0.3) is 0 Å². The van der Waals surface area contributed by atoms with Gasteiger partial charge in [-0.3, -0.25) is 9.59 Å². The van der Waals surface area contributed by atoms with E-state index in [4.69, 9.17) is 0 Å². The van der Waals surface area contributed by atoms with Gasteiger partial charge in [0, 0.05) is 29.8 Å². The lowest BCUT2D eigenvalue weighted by Crippen LogP contribution is -2.35. The Morgan fingerprint density at radius 1 is 1.12 bits per heavy atom. The number of amides is 2. The molecule has 0 aliphatic carbocycles. The Morgan fingerprint density at radius 2 is 1.88 bits per heavy atom. The summed E-state index contributed by atoms with van der Waals surface area (Å²) < 4.78 is 0. The Labute approximate surface area is 154 Å². The van der Waals surface area contributed by atoms with Crippen LogP contribution in [-0.4, -0.2) is 24.9 Å². The van der Waals surface area contributed by atoms with Crippen LogP contribution in [0.5, 0.6) is 0 Å². The molecule has 3 rings (SSSR count). The third kappa shape index (κ3) is 4.31. The summed E-state index contributed by atoms with van der Waals surface area (Å²) in [6, 6.07) is 15.2. The fourth-order valence-corrected chi connectivity index (χ4v) is 3.00. The fourth-order valence-electron chi connectivity index (χ4n) is 3.00. The highest BCUT2D eigenvalue weighted by Crippen LogP contribution is 2.21. The number of anilines is 1. The highest BCUT2D eigenvalue weighted by Gasteiger charge is 2.19. The van der Waals surface area contributed by atoms with Crippen LogP contribution in [0, 0.1) is 18.8 Å². The largest absolute Gasteiger partial charge is 0.341 e. The first-order valence-corrected chi connectivity index (χ1v) is 8.88. The van der Waals surface area contributed by atoms with Crippen molar-refractivity contribution < 1.29 is 9.59 Å². The molecule has 1 saturated heterocycles. The predicted octanol–water partition coefficient (Wildman–Crippen LogP) is 3.29. The SMILES string of the molecule is Cc1ccccc1C(=O)NCC#Cc1ccc(N2CCCCC2=O)cc1. The van der Waals surface area contributed by atoms with Gasteiger partial charge in [0.15, 0.2) is 0 Å². The molecule has 0 atom stereocenters. The van der Waals surface area contributed by atoms with Gasteiger partial charge in [0.05, 0.1) is 6.54 Å². The van der Waals surface area contributed by atoms with Gasteiger partial charge in [0.1, 0.15) is 0 Å². The summed E-state index contributed by atoms with van der Waals surface area (Å²) in [7, 11) is 0. The summed E-state index contributed by atoms with van der Waals surface area (Å²) in [6.45, 7) is 2.99. The fraction of sp³-hybridized carbons (Fsp3) is 0.273. The van der Waals surface area contributed by atoms with Gasteiger partial charge in [-0.25, -0.2) is 0 Å². The number of benzene rings is 2. The van der Waals surface area contributed by atoms with E-state index in [0.717, 1.165) is 36.2 Å². The lowest BCUT2D eigenvalue weighted by Gasteiger charge is -2.26. The summed E-state index contributed by atoms with van der Waals surface area (Å²) in [6.07, 6.45) is 2.66. The number of piperidine rings is 1. The molecule has 2 aromatic carbocycles. The molecule has 4 nitrogen and oxygen atoms in total. The van der Waals surface area contributed by atoms with Crippen molar-refractivity contribution in [2.75, 3.05) is 18.0 Å². The van der Waals surface area contributed by atoms with Crippen LogP contribution in [-0.2, 0) is 4.79 Å². The van der Waals surface area contributed by atoms with Crippen LogP contribution in [0.1, 0.15) is 40.7 Å². The minimum atomic E-state index is -0.114. The Morgan fingerprint density at radius 3 is 2.62 bits per heavy atom. The Balaban J connectivity index is 1.56. The minimum Gasteiger partial charge on any atom is -0.341 e. The van der Waals surface area contributed by atoms with Crippen molar-refractivity contribution in [2.24, 2.45) is 0 Å². The lowest BCUT2D eigenvalue weighted by molar-refractivity contribution is -0.119. The zero-order valence-electron chi connectivity index (χ0n) is 14.9. The molecule has 0 radical (unpaired) electrons. The van der Waals surface area contributed by atoms with E-state index < -0.39 is 0 Å². The Hall–Kier alpha value is -3.06. The molecule has 0 aromatic heterocycles. The van der Waals surface area contributed by atoms with E-state index in [0.29, 0.717) is 18.5 Å². The molecule has 1 heterocycles. The van der Waals surface area contributed by atoms with E-state index in [1.54, 1.807) is 6.07 Å². The zero-order valence-corrected chi connectivity index (χ0v) is 14.9. The quantitative estimate of drug-likeness (QED) is 0.867. The molecule has 2 amide bonds. The van der Waals surface area contributed by atoms with E-state index in [1.807, 2.05) is 54.3 Å². The molecule has 4 heteroatoms. The number of nitrogens with zero attached hydrogens (tertiary/aromatic N) is 1. The molecule has 0 spiro atoms. The first kappa shape index (κ1) is 17.8. The van der Waals surface area contributed by atoms with Crippen LogP contribution < -0.4 is 10.2 Å². The molecule has 1 fully saturated rings. The lowest BCUT2D eigenvalue weighted by atomic mass is 10.1. The summed E-state index contributed by atoms with van der Waals surface area (Å²) in [4.78, 5) is 25.9. The van der Waals surface area contributed by atoms with Crippen molar-refractivity contribution in [3.8, 4) is 11.8 Å². The van der Waals surface area contributed by atoms with Crippen molar-refractivity contribution in [1.29, 1.82) is 0 Å². The number of carbonyl (C=O) groups is 2. The zero-order chi connectivity index (χ0) is 18.4. The van der Waals surface area contributed by atoms with Gasteiger partial charge < -0.3 is 10.2 Å². The summed E-state index contributed by atoms with van der Waals surface area (Å²) in [5, 5.41) is 2.81. The Kier molecular flexibility index (Phi) is 5.70. The average molecular weight is 346 g/mol. The van der Waals surface area contributed by atoms with E-state index in [-0.39, 0.29) is 11.8 Å². The van der Waals surface area contributed by atoms with Crippen LogP contribution in [0.2, 0.25) is 0 Å². The number of rotatable bonds is 3. The first-order chi connectivity index (χ1) is 12.6. The van der Waals surface area contributed by atoms with E-state index in [9.17, 15) is 9.59 Å². The van der Waals surface area contributed by atoms with E-state index in [2.05, 4.69) is 17.2 Å². The standard InChI is InChI=1S/C22H22N2O2/c1-17-7-2-3-9-20(17)22(26)23-15-6-8-18-11-13-19(14-12-18)24-16-5-4-10-21(24)25/h2-3,7,9,11-14H,4-5,10,15-16H2,1H3,(H,23,26). The van der Waals surface area contributed by atoms with E-state index in [1.165, 1.54) is 0 Å². The molecule has 1 N–H and O–H groups in total. The van der Waals surface area contributed by atoms with Crippen molar-refractivity contribution in [1.82, 2.24) is 5.32 Å². The second kappa shape index (κ2) is 8.35. The molecule has 0 unspecified atom stereocenters. The normalized spacial score (nSPS) is 13.7. The Bertz CT molecular complexity index is 860. The van der Waals surface area contributed by atoms with Crippen LogP contribution in [0.3, 0.4) is 0 Å².